The van der Waals surface area contributed by atoms with Gasteiger partial charge in [-0.2, -0.15) is 0 Å². The quantitative estimate of drug-likeness (QED) is 0.663. The van der Waals surface area contributed by atoms with E-state index in [1.54, 1.807) is 6.20 Å². The van der Waals surface area contributed by atoms with E-state index in [0.29, 0.717) is 5.88 Å². The fraction of sp³-hybridized carbons (Fsp3) is 0.286. The smallest absolute Gasteiger partial charge is 0.0650 e. The van der Waals surface area contributed by atoms with Crippen LogP contribution >= 0.6 is 27.5 Å². The summed E-state index contributed by atoms with van der Waals surface area (Å²) < 4.78 is 1.07. The molecule has 0 radical (unpaired) electrons. The number of halogens is 2. The highest BCUT2D eigenvalue weighted by atomic mass is 79.9. The zero-order chi connectivity index (χ0) is 7.56. The second-order valence-corrected chi connectivity index (χ2v) is 3.12. The number of nitrogens with zero attached hydrogens (tertiary/aromatic N) is 1. The number of hydrogen-bond donors (Lipinski definition) is 0. The van der Waals surface area contributed by atoms with Crippen LogP contribution in [0.5, 0.6) is 0 Å². The fourth-order valence-electron chi connectivity index (χ4n) is 0.687. The van der Waals surface area contributed by atoms with Crippen LogP contribution in [0, 0.1) is 6.92 Å². The number of rotatable bonds is 1. The number of aromatic nitrogens is 1. The van der Waals surface area contributed by atoms with Gasteiger partial charge in [0.1, 0.15) is 0 Å². The Balaban J connectivity index is 3.14. The highest BCUT2D eigenvalue weighted by Crippen LogP contribution is 2.18. The molecule has 54 valence electrons. The minimum absolute atomic E-state index is 0.477. The van der Waals surface area contributed by atoms with Crippen molar-refractivity contribution in [2.24, 2.45) is 0 Å². The van der Waals surface area contributed by atoms with E-state index < -0.39 is 0 Å². The molecule has 0 spiro atoms. The van der Waals surface area contributed by atoms with Gasteiger partial charge in [-0.25, -0.2) is 0 Å². The Morgan fingerprint density at radius 3 is 2.90 bits per heavy atom. The zero-order valence-corrected chi connectivity index (χ0v) is 7.91. The predicted octanol–water partition coefficient (Wildman–Crippen LogP) is 2.89. The summed E-state index contributed by atoms with van der Waals surface area (Å²) in [6.07, 6.45) is 1.74. The minimum Gasteiger partial charge on any atom is -0.260 e. The monoisotopic (exact) mass is 219 g/mol. The van der Waals surface area contributed by atoms with Crippen molar-refractivity contribution in [1.82, 2.24) is 4.98 Å². The topological polar surface area (TPSA) is 12.9 Å². The number of hydrogen-bond acceptors (Lipinski definition) is 1. The first-order valence-electron chi connectivity index (χ1n) is 2.91. The lowest BCUT2D eigenvalue weighted by atomic mass is 10.2. The maximum Gasteiger partial charge on any atom is 0.0650 e. The third-order valence-electron chi connectivity index (χ3n) is 1.37. The van der Waals surface area contributed by atoms with E-state index in [2.05, 4.69) is 20.9 Å². The molecule has 0 saturated heterocycles. The zero-order valence-electron chi connectivity index (χ0n) is 5.56. The van der Waals surface area contributed by atoms with Crippen molar-refractivity contribution in [3.63, 3.8) is 0 Å². The first-order chi connectivity index (χ1) is 4.75. The van der Waals surface area contributed by atoms with Crippen molar-refractivity contribution in [1.29, 1.82) is 0 Å². The lowest BCUT2D eigenvalue weighted by molar-refractivity contribution is 1.11. The Kier molecular flexibility index (Phi) is 2.69. The Morgan fingerprint density at radius 1 is 1.70 bits per heavy atom. The van der Waals surface area contributed by atoms with Crippen LogP contribution in [0.1, 0.15) is 11.3 Å². The molecule has 0 saturated carbocycles. The molecular formula is C7H7BrClN. The van der Waals surface area contributed by atoms with E-state index in [1.807, 2.05) is 13.0 Å². The molecule has 1 heterocycles. The molecule has 0 aliphatic carbocycles. The molecule has 1 rings (SSSR count). The van der Waals surface area contributed by atoms with Crippen LogP contribution in [0.2, 0.25) is 0 Å². The Morgan fingerprint density at radius 2 is 2.40 bits per heavy atom. The van der Waals surface area contributed by atoms with Gasteiger partial charge in [0.2, 0.25) is 0 Å². The molecule has 1 nitrogen and oxygen atoms in total. The van der Waals surface area contributed by atoms with Crippen molar-refractivity contribution in [3.05, 3.63) is 28.0 Å². The summed E-state index contributed by atoms with van der Waals surface area (Å²) in [5.41, 5.74) is 2.06. The van der Waals surface area contributed by atoms with Gasteiger partial charge in [0.25, 0.3) is 0 Å². The van der Waals surface area contributed by atoms with Crippen LogP contribution in [-0.4, -0.2) is 4.98 Å². The van der Waals surface area contributed by atoms with Gasteiger partial charge in [0.15, 0.2) is 0 Å². The highest BCUT2D eigenvalue weighted by Gasteiger charge is 1.99. The van der Waals surface area contributed by atoms with Gasteiger partial charge in [0, 0.05) is 10.7 Å². The second-order valence-electron chi connectivity index (χ2n) is 2.00. The summed E-state index contributed by atoms with van der Waals surface area (Å²) in [6, 6.07) is 1.91. The van der Waals surface area contributed by atoms with E-state index in [0.717, 1.165) is 15.7 Å². The Bertz CT molecular complexity index is 237. The van der Waals surface area contributed by atoms with Crippen LogP contribution < -0.4 is 0 Å². The largest absolute Gasteiger partial charge is 0.260 e. The fourth-order valence-corrected chi connectivity index (χ4v) is 1.30. The minimum atomic E-state index is 0.477. The SMILES string of the molecule is Cc1c(Br)ccnc1CCl. The van der Waals surface area contributed by atoms with Gasteiger partial charge in [-0.05, 0) is 18.6 Å². The van der Waals surface area contributed by atoms with Gasteiger partial charge in [-0.1, -0.05) is 15.9 Å². The Labute approximate surface area is 73.6 Å². The molecule has 1 aromatic rings. The summed E-state index contributed by atoms with van der Waals surface area (Å²) in [6.45, 7) is 1.99. The molecule has 0 N–H and O–H groups in total. The van der Waals surface area contributed by atoms with Crippen molar-refractivity contribution in [3.8, 4) is 0 Å². The lowest BCUT2D eigenvalue weighted by Gasteiger charge is -2.00. The van der Waals surface area contributed by atoms with Gasteiger partial charge < -0.3 is 0 Å². The maximum absolute atomic E-state index is 5.62. The molecule has 0 atom stereocenters. The van der Waals surface area contributed by atoms with E-state index >= 15 is 0 Å². The Hall–Kier alpha value is -0.0800. The maximum atomic E-state index is 5.62. The van der Waals surface area contributed by atoms with Crippen molar-refractivity contribution in [2.75, 3.05) is 0 Å². The van der Waals surface area contributed by atoms with Crippen LogP contribution in [-0.2, 0) is 5.88 Å². The third kappa shape index (κ3) is 1.50. The molecule has 1 aromatic heterocycles. The van der Waals surface area contributed by atoms with Crippen molar-refractivity contribution in [2.45, 2.75) is 12.8 Å². The predicted molar refractivity (Wildman–Crippen MR) is 46.2 cm³/mol. The third-order valence-corrected chi connectivity index (χ3v) is 2.48. The van der Waals surface area contributed by atoms with Gasteiger partial charge in [-0.15, -0.1) is 11.6 Å². The molecule has 0 bridgehead atoms. The molecule has 0 aliphatic rings. The van der Waals surface area contributed by atoms with Gasteiger partial charge in [0.05, 0.1) is 11.6 Å². The van der Waals surface area contributed by atoms with Gasteiger partial charge in [-0.3, -0.25) is 4.98 Å². The molecular weight excluding hydrogens is 213 g/mol. The van der Waals surface area contributed by atoms with E-state index in [-0.39, 0.29) is 0 Å². The second kappa shape index (κ2) is 3.35. The molecule has 0 amide bonds. The van der Waals surface area contributed by atoms with Gasteiger partial charge >= 0.3 is 0 Å². The standard InChI is InChI=1S/C7H7BrClN/c1-5-6(8)2-3-10-7(5)4-9/h2-3H,4H2,1H3. The average Bonchev–Trinajstić information content (AvgIpc) is 1.95. The molecule has 3 heteroatoms. The summed E-state index contributed by atoms with van der Waals surface area (Å²) in [5, 5.41) is 0. The number of pyridine rings is 1. The summed E-state index contributed by atoms with van der Waals surface area (Å²) in [7, 11) is 0. The summed E-state index contributed by atoms with van der Waals surface area (Å²) >= 11 is 9.01. The summed E-state index contributed by atoms with van der Waals surface area (Å²) in [5.74, 6) is 0.477. The first kappa shape index (κ1) is 8.02. The van der Waals surface area contributed by atoms with E-state index in [9.17, 15) is 0 Å². The van der Waals surface area contributed by atoms with Crippen LogP contribution in [0.25, 0.3) is 0 Å². The molecule has 0 aromatic carbocycles. The van der Waals surface area contributed by atoms with Crippen LogP contribution in [0.3, 0.4) is 0 Å². The molecule has 0 fully saturated rings. The van der Waals surface area contributed by atoms with Crippen molar-refractivity contribution >= 4 is 27.5 Å². The normalized spacial score (nSPS) is 9.90. The first-order valence-corrected chi connectivity index (χ1v) is 4.24. The van der Waals surface area contributed by atoms with Crippen molar-refractivity contribution < 1.29 is 0 Å². The number of alkyl halides is 1. The lowest BCUT2D eigenvalue weighted by Crippen LogP contribution is -1.89. The average molecular weight is 220 g/mol. The molecule has 0 aliphatic heterocycles. The van der Waals surface area contributed by atoms with Crippen LogP contribution in [0.15, 0.2) is 16.7 Å². The highest BCUT2D eigenvalue weighted by molar-refractivity contribution is 9.10. The van der Waals surface area contributed by atoms with E-state index in [1.165, 1.54) is 0 Å². The molecule has 0 unspecified atom stereocenters. The summed E-state index contributed by atoms with van der Waals surface area (Å²) in [4.78, 5) is 4.10. The van der Waals surface area contributed by atoms with E-state index in [4.69, 9.17) is 11.6 Å². The molecule has 10 heavy (non-hydrogen) atoms. The van der Waals surface area contributed by atoms with Crippen LogP contribution in [0.4, 0.5) is 0 Å².